The summed E-state index contributed by atoms with van der Waals surface area (Å²) in [6.07, 6.45) is 0. The highest BCUT2D eigenvalue weighted by Crippen LogP contribution is 2.01. The number of pyridine rings is 1. The molecular formula is C13H19BN2O5. The number of methoxy groups -OCH3 is 2. The van der Waals surface area contributed by atoms with Crippen molar-refractivity contribution < 1.29 is 23.7 Å². The van der Waals surface area contributed by atoms with Gasteiger partial charge in [-0.2, -0.15) is 0 Å². The van der Waals surface area contributed by atoms with E-state index in [0.29, 0.717) is 11.5 Å². The Bertz CT molecular complexity index is 497. The van der Waals surface area contributed by atoms with Gasteiger partial charge in [0, 0.05) is 6.07 Å². The van der Waals surface area contributed by atoms with Crippen molar-refractivity contribution in [3.05, 3.63) is 18.2 Å². The van der Waals surface area contributed by atoms with Crippen molar-refractivity contribution in [3.8, 4) is 5.88 Å². The van der Waals surface area contributed by atoms with Gasteiger partial charge < -0.3 is 14.1 Å². The van der Waals surface area contributed by atoms with Gasteiger partial charge in [0.1, 0.15) is 0 Å². The van der Waals surface area contributed by atoms with Crippen LogP contribution in [-0.2, 0) is 19.0 Å². The van der Waals surface area contributed by atoms with Crippen LogP contribution < -0.4 is 10.3 Å². The fourth-order valence-corrected chi connectivity index (χ4v) is 1.63. The van der Waals surface area contributed by atoms with Crippen LogP contribution in [-0.4, -0.2) is 63.1 Å². The van der Waals surface area contributed by atoms with Crippen LogP contribution in [0.2, 0.25) is 6.82 Å². The van der Waals surface area contributed by atoms with Gasteiger partial charge in [0.05, 0.1) is 32.9 Å². The Morgan fingerprint density at radius 1 is 1.24 bits per heavy atom. The Hall–Kier alpha value is -2.09. The molecule has 0 aliphatic heterocycles. The predicted molar refractivity (Wildman–Crippen MR) is 77.6 cm³/mol. The molecule has 0 atom stereocenters. The summed E-state index contributed by atoms with van der Waals surface area (Å²) in [6, 6.07) is 5.23. The highest BCUT2D eigenvalue weighted by Gasteiger charge is 2.20. The first-order valence-corrected chi connectivity index (χ1v) is 6.42. The third-order valence-electron chi connectivity index (χ3n) is 2.70. The van der Waals surface area contributed by atoms with Crippen molar-refractivity contribution >= 4 is 24.4 Å². The first-order valence-electron chi connectivity index (χ1n) is 6.42. The number of esters is 1. The zero-order valence-electron chi connectivity index (χ0n) is 12.7. The standard InChI is InChI=1S/C13H19BN2O5/c1-14(10-6-5-7-11(15-10)19-3)21-13(18)9-16(2)8-12(17)20-4/h5-7H,8-9H2,1-4H3. The van der Waals surface area contributed by atoms with E-state index in [2.05, 4.69) is 9.72 Å². The predicted octanol–water partition coefficient (Wildman–Crippen LogP) is -0.433. The molecular weight excluding hydrogens is 275 g/mol. The molecule has 0 aromatic carbocycles. The molecule has 0 bridgehead atoms. The Morgan fingerprint density at radius 3 is 2.52 bits per heavy atom. The van der Waals surface area contributed by atoms with Crippen LogP contribution in [0.15, 0.2) is 18.2 Å². The average Bonchev–Trinajstić information content (AvgIpc) is 2.46. The second kappa shape index (κ2) is 8.26. The van der Waals surface area contributed by atoms with Gasteiger partial charge in [-0.3, -0.25) is 14.5 Å². The Balaban J connectivity index is 2.51. The van der Waals surface area contributed by atoms with Crippen LogP contribution in [0.3, 0.4) is 0 Å². The third-order valence-corrected chi connectivity index (χ3v) is 2.70. The first-order chi connectivity index (χ1) is 9.96. The van der Waals surface area contributed by atoms with Crippen LogP contribution >= 0.6 is 0 Å². The Labute approximate surface area is 124 Å². The molecule has 0 fully saturated rings. The third kappa shape index (κ3) is 5.82. The number of ether oxygens (including phenoxy) is 2. The molecule has 0 spiro atoms. The molecule has 0 saturated carbocycles. The molecule has 114 valence electrons. The van der Waals surface area contributed by atoms with Gasteiger partial charge in [-0.15, -0.1) is 0 Å². The van der Waals surface area contributed by atoms with Crippen LogP contribution in [0.25, 0.3) is 0 Å². The van der Waals surface area contributed by atoms with Gasteiger partial charge in [-0.05, 0) is 19.9 Å². The topological polar surface area (TPSA) is 78.0 Å². The van der Waals surface area contributed by atoms with E-state index in [1.807, 2.05) is 0 Å². The van der Waals surface area contributed by atoms with Gasteiger partial charge in [0.15, 0.2) is 0 Å². The monoisotopic (exact) mass is 294 g/mol. The SMILES string of the molecule is COC(=O)CN(C)CC(=O)OB(C)c1cccc(OC)n1. The minimum atomic E-state index is -0.501. The molecule has 7 nitrogen and oxygen atoms in total. The lowest BCUT2D eigenvalue weighted by Crippen LogP contribution is -2.39. The number of nitrogens with zero attached hydrogens (tertiary/aromatic N) is 2. The van der Waals surface area contributed by atoms with E-state index in [4.69, 9.17) is 9.39 Å². The lowest BCUT2D eigenvalue weighted by molar-refractivity contribution is -0.142. The number of hydrogen-bond acceptors (Lipinski definition) is 7. The summed E-state index contributed by atoms with van der Waals surface area (Å²) in [5.41, 5.74) is 0.596. The number of hydrogen-bond donors (Lipinski definition) is 0. The van der Waals surface area contributed by atoms with Gasteiger partial charge >= 0.3 is 18.9 Å². The highest BCUT2D eigenvalue weighted by atomic mass is 16.5. The van der Waals surface area contributed by atoms with Crippen molar-refractivity contribution in [1.82, 2.24) is 9.88 Å². The molecule has 1 aromatic heterocycles. The van der Waals surface area contributed by atoms with E-state index in [0.717, 1.165) is 0 Å². The number of aromatic nitrogens is 1. The summed E-state index contributed by atoms with van der Waals surface area (Å²) in [5, 5.41) is 0. The van der Waals surface area contributed by atoms with E-state index in [1.54, 1.807) is 32.1 Å². The molecule has 0 N–H and O–H groups in total. The normalized spacial score (nSPS) is 10.1. The van der Waals surface area contributed by atoms with Crippen LogP contribution in [0.5, 0.6) is 5.88 Å². The molecule has 0 saturated heterocycles. The molecule has 1 heterocycles. The van der Waals surface area contributed by atoms with E-state index in [-0.39, 0.29) is 13.1 Å². The molecule has 1 aromatic rings. The van der Waals surface area contributed by atoms with Gasteiger partial charge in [-0.1, -0.05) is 6.07 Å². The van der Waals surface area contributed by atoms with Gasteiger partial charge in [0.25, 0.3) is 0 Å². The van der Waals surface area contributed by atoms with E-state index in [1.165, 1.54) is 19.1 Å². The number of carbonyl (C=O) groups is 2. The largest absolute Gasteiger partial charge is 0.529 e. The average molecular weight is 294 g/mol. The van der Waals surface area contributed by atoms with E-state index >= 15 is 0 Å². The van der Waals surface area contributed by atoms with Crippen molar-refractivity contribution in [3.63, 3.8) is 0 Å². The molecule has 0 amide bonds. The van der Waals surface area contributed by atoms with Gasteiger partial charge in [0.2, 0.25) is 5.88 Å². The van der Waals surface area contributed by atoms with Crippen molar-refractivity contribution in [2.45, 2.75) is 6.82 Å². The number of carbonyl (C=O) groups excluding carboxylic acids is 2. The molecule has 0 aliphatic rings. The number of likely N-dealkylation sites (N-methyl/N-ethyl adjacent to an activating group) is 1. The molecule has 8 heteroatoms. The second-order valence-electron chi connectivity index (χ2n) is 4.49. The fourth-order valence-electron chi connectivity index (χ4n) is 1.63. The minimum absolute atomic E-state index is 0.0105. The molecule has 0 radical (unpaired) electrons. The molecule has 0 aliphatic carbocycles. The van der Waals surface area contributed by atoms with Crippen LogP contribution in [0.4, 0.5) is 0 Å². The smallest absolute Gasteiger partial charge is 0.410 e. The molecule has 0 unspecified atom stereocenters. The van der Waals surface area contributed by atoms with Crippen LogP contribution in [0, 0.1) is 0 Å². The van der Waals surface area contributed by atoms with Crippen molar-refractivity contribution in [2.24, 2.45) is 0 Å². The lowest BCUT2D eigenvalue weighted by atomic mass is 9.67. The summed E-state index contributed by atoms with van der Waals surface area (Å²) >= 11 is 0. The first kappa shape index (κ1) is 17.0. The summed E-state index contributed by atoms with van der Waals surface area (Å²) in [7, 11) is 4.45. The summed E-state index contributed by atoms with van der Waals surface area (Å²) in [5.74, 6) is -0.399. The minimum Gasteiger partial charge on any atom is -0.529 e. The highest BCUT2D eigenvalue weighted by molar-refractivity contribution is 6.66. The Morgan fingerprint density at radius 2 is 1.90 bits per heavy atom. The molecule has 21 heavy (non-hydrogen) atoms. The number of rotatable bonds is 7. The Kier molecular flexibility index (Phi) is 6.67. The quantitative estimate of drug-likeness (QED) is 0.498. The maximum atomic E-state index is 11.8. The summed E-state index contributed by atoms with van der Waals surface area (Å²) < 4.78 is 14.8. The van der Waals surface area contributed by atoms with E-state index < -0.39 is 18.9 Å². The van der Waals surface area contributed by atoms with Gasteiger partial charge in [-0.25, -0.2) is 4.98 Å². The summed E-state index contributed by atoms with van der Waals surface area (Å²) in [4.78, 5) is 28.6. The maximum Gasteiger partial charge on any atom is 0.410 e. The van der Waals surface area contributed by atoms with Crippen molar-refractivity contribution in [1.29, 1.82) is 0 Å². The van der Waals surface area contributed by atoms with Crippen LogP contribution in [0.1, 0.15) is 0 Å². The second-order valence-corrected chi connectivity index (χ2v) is 4.49. The lowest BCUT2D eigenvalue weighted by Gasteiger charge is -2.16. The molecule has 1 rings (SSSR count). The fraction of sp³-hybridized carbons (Fsp3) is 0.462. The maximum absolute atomic E-state index is 11.8. The zero-order valence-corrected chi connectivity index (χ0v) is 12.7. The zero-order chi connectivity index (χ0) is 15.8. The van der Waals surface area contributed by atoms with Crippen molar-refractivity contribution in [2.75, 3.05) is 34.4 Å². The summed E-state index contributed by atoms with van der Waals surface area (Å²) in [6.45, 7) is 1.24. The van der Waals surface area contributed by atoms with E-state index in [9.17, 15) is 9.59 Å².